The molecule has 0 spiro atoms. The molecule has 1 aliphatic carbocycles. The zero-order valence-corrected chi connectivity index (χ0v) is 11.0. The average Bonchev–Trinajstić information content (AvgIpc) is 2.19. The van der Waals surface area contributed by atoms with Crippen LogP contribution in [0.2, 0.25) is 0 Å². The molecule has 1 saturated carbocycles. The summed E-state index contributed by atoms with van der Waals surface area (Å²) in [6, 6.07) is 0. The lowest BCUT2D eigenvalue weighted by molar-refractivity contribution is -0.0491. The normalized spacial score (nSPS) is 21.8. The van der Waals surface area contributed by atoms with Gasteiger partial charge in [0.15, 0.2) is 0 Å². The molecule has 102 valence electrons. The highest BCUT2D eigenvalue weighted by Gasteiger charge is 2.43. The molecule has 0 atom stereocenters. The van der Waals surface area contributed by atoms with E-state index in [4.69, 9.17) is 11.2 Å². The summed E-state index contributed by atoms with van der Waals surface area (Å²) in [5.74, 6) is -0.258. The Morgan fingerprint density at radius 3 is 2.17 bits per heavy atom. The molecule has 18 heavy (non-hydrogen) atoms. The van der Waals surface area contributed by atoms with Gasteiger partial charge < -0.3 is 10.1 Å². The van der Waals surface area contributed by atoms with Gasteiger partial charge in [0.05, 0.1) is 0 Å². The fourth-order valence-corrected chi connectivity index (χ4v) is 1.85. The molecule has 5 heteroatoms. The van der Waals surface area contributed by atoms with Gasteiger partial charge in [0.1, 0.15) is 11.1 Å². The first-order valence-electron chi connectivity index (χ1n) is 5.94. The van der Waals surface area contributed by atoms with Gasteiger partial charge in [0.2, 0.25) is 5.92 Å². The molecule has 0 saturated heterocycles. The molecule has 3 nitrogen and oxygen atoms in total. The molecule has 1 fully saturated rings. The molecule has 1 rings (SSSR count). The second-order valence-corrected chi connectivity index (χ2v) is 5.71. The number of halogens is 2. The number of nitrogens with one attached hydrogen (secondary N) is 1. The zero-order valence-electron chi connectivity index (χ0n) is 11.0. The first-order valence-corrected chi connectivity index (χ1v) is 5.94. The van der Waals surface area contributed by atoms with E-state index >= 15 is 0 Å². The van der Waals surface area contributed by atoms with Crippen LogP contribution in [0.15, 0.2) is 0 Å². The van der Waals surface area contributed by atoms with Crippen LogP contribution in [0.3, 0.4) is 0 Å². The number of hydrogen-bond donors (Lipinski definition) is 1. The van der Waals surface area contributed by atoms with Crippen LogP contribution in [-0.2, 0) is 4.74 Å². The second kappa shape index (κ2) is 4.75. The molecule has 0 aromatic heterocycles. The van der Waals surface area contributed by atoms with Crippen molar-refractivity contribution in [3.8, 4) is 12.3 Å². The molecule has 0 aromatic carbocycles. The molecular weight excluding hydrogens is 240 g/mol. The van der Waals surface area contributed by atoms with Crippen molar-refractivity contribution in [1.82, 2.24) is 5.32 Å². The van der Waals surface area contributed by atoms with E-state index in [1.54, 1.807) is 20.8 Å². The number of terminal acetylenes is 1. The maximum absolute atomic E-state index is 13.1. The fraction of sp³-hybridized carbons (Fsp3) is 0.769. The SMILES string of the molecule is C#CC1(NC(=O)OC(C)(C)C)CCC(F)(F)CC1. The third-order valence-corrected chi connectivity index (χ3v) is 2.85. The molecule has 0 bridgehead atoms. The van der Waals surface area contributed by atoms with Gasteiger partial charge in [-0.3, -0.25) is 0 Å². The van der Waals surface area contributed by atoms with Crippen LogP contribution < -0.4 is 5.32 Å². The standard InChI is InChI=1S/C13H19F2NO2/c1-5-12(6-8-13(14,15)9-7-12)16-10(17)18-11(2,3)4/h1H,6-9H2,2-4H3,(H,16,17). The highest BCUT2D eigenvalue weighted by atomic mass is 19.3. The van der Waals surface area contributed by atoms with Crippen molar-refractivity contribution >= 4 is 6.09 Å². The summed E-state index contributed by atoms with van der Waals surface area (Å²) in [7, 11) is 0. The first-order chi connectivity index (χ1) is 8.08. The van der Waals surface area contributed by atoms with Crippen LogP contribution in [0, 0.1) is 12.3 Å². The van der Waals surface area contributed by atoms with Gasteiger partial charge in [-0.15, -0.1) is 6.42 Å². The molecule has 0 aliphatic heterocycles. The maximum atomic E-state index is 13.1. The topological polar surface area (TPSA) is 38.3 Å². The minimum atomic E-state index is -2.68. The summed E-state index contributed by atoms with van der Waals surface area (Å²) in [4.78, 5) is 11.6. The van der Waals surface area contributed by atoms with E-state index in [-0.39, 0.29) is 25.7 Å². The Labute approximate surface area is 106 Å². The van der Waals surface area contributed by atoms with E-state index in [9.17, 15) is 13.6 Å². The lowest BCUT2D eigenvalue weighted by atomic mass is 9.80. The summed E-state index contributed by atoms with van der Waals surface area (Å²) in [6.45, 7) is 5.18. The molecule has 0 radical (unpaired) electrons. The molecule has 0 heterocycles. The third-order valence-electron chi connectivity index (χ3n) is 2.85. The number of rotatable bonds is 1. The van der Waals surface area contributed by atoms with E-state index in [1.165, 1.54) is 0 Å². The molecule has 0 aromatic rings. The predicted octanol–water partition coefficient (Wildman–Crippen LogP) is 3.09. The summed E-state index contributed by atoms with van der Waals surface area (Å²) in [5.41, 5.74) is -1.65. The minimum Gasteiger partial charge on any atom is -0.444 e. The van der Waals surface area contributed by atoms with Crippen LogP contribution in [0.25, 0.3) is 0 Å². The predicted molar refractivity (Wildman–Crippen MR) is 64.3 cm³/mol. The number of alkyl carbamates (subject to hydrolysis) is 1. The number of hydrogen-bond acceptors (Lipinski definition) is 2. The van der Waals surface area contributed by atoms with E-state index in [0.717, 1.165) is 0 Å². The zero-order chi connectivity index (χ0) is 14.0. The van der Waals surface area contributed by atoms with Gasteiger partial charge in [-0.05, 0) is 33.6 Å². The van der Waals surface area contributed by atoms with Gasteiger partial charge in [-0.25, -0.2) is 13.6 Å². The van der Waals surface area contributed by atoms with Gasteiger partial charge in [-0.2, -0.15) is 0 Å². The van der Waals surface area contributed by atoms with Crippen LogP contribution in [0.4, 0.5) is 13.6 Å². The Balaban J connectivity index is 2.64. The third kappa shape index (κ3) is 4.17. The Bertz CT molecular complexity index is 356. The number of ether oxygens (including phenoxy) is 1. The van der Waals surface area contributed by atoms with Crippen molar-refractivity contribution < 1.29 is 18.3 Å². The van der Waals surface area contributed by atoms with Crippen LogP contribution in [0.5, 0.6) is 0 Å². The Hall–Kier alpha value is -1.31. The minimum absolute atomic E-state index is 0.0652. The first kappa shape index (κ1) is 14.7. The van der Waals surface area contributed by atoms with Crippen molar-refractivity contribution in [2.24, 2.45) is 0 Å². The lowest BCUT2D eigenvalue weighted by Crippen LogP contribution is -2.52. The van der Waals surface area contributed by atoms with Gasteiger partial charge >= 0.3 is 6.09 Å². The van der Waals surface area contributed by atoms with Crippen molar-refractivity contribution in [2.75, 3.05) is 0 Å². The highest BCUT2D eigenvalue weighted by Crippen LogP contribution is 2.38. The number of alkyl halides is 2. The highest BCUT2D eigenvalue weighted by molar-refractivity contribution is 5.69. The maximum Gasteiger partial charge on any atom is 0.408 e. The second-order valence-electron chi connectivity index (χ2n) is 5.71. The van der Waals surface area contributed by atoms with Gasteiger partial charge in [-0.1, -0.05) is 5.92 Å². The Morgan fingerprint density at radius 1 is 1.28 bits per heavy atom. The Kier molecular flexibility index (Phi) is 3.89. The molecule has 1 aliphatic rings. The molecule has 1 N–H and O–H groups in total. The average molecular weight is 259 g/mol. The van der Waals surface area contributed by atoms with E-state index < -0.39 is 23.2 Å². The number of carbonyl (C=O) groups is 1. The summed E-state index contributed by atoms with van der Waals surface area (Å²) in [5, 5.41) is 2.55. The fourth-order valence-electron chi connectivity index (χ4n) is 1.85. The largest absolute Gasteiger partial charge is 0.444 e. The smallest absolute Gasteiger partial charge is 0.408 e. The molecular formula is C13H19F2NO2. The van der Waals surface area contributed by atoms with Crippen LogP contribution in [-0.4, -0.2) is 23.2 Å². The van der Waals surface area contributed by atoms with Crippen molar-refractivity contribution in [3.05, 3.63) is 0 Å². The van der Waals surface area contributed by atoms with Crippen LogP contribution in [0.1, 0.15) is 46.5 Å². The molecule has 1 amide bonds. The monoisotopic (exact) mass is 259 g/mol. The van der Waals surface area contributed by atoms with Crippen LogP contribution >= 0.6 is 0 Å². The van der Waals surface area contributed by atoms with Crippen molar-refractivity contribution in [1.29, 1.82) is 0 Å². The number of carbonyl (C=O) groups excluding carboxylic acids is 1. The van der Waals surface area contributed by atoms with Crippen molar-refractivity contribution in [3.63, 3.8) is 0 Å². The van der Waals surface area contributed by atoms with Gasteiger partial charge in [0.25, 0.3) is 0 Å². The van der Waals surface area contributed by atoms with Crippen molar-refractivity contribution in [2.45, 2.75) is 63.5 Å². The number of amides is 1. The summed E-state index contributed by atoms with van der Waals surface area (Å²) < 4.78 is 31.2. The lowest BCUT2D eigenvalue weighted by Gasteiger charge is -2.37. The quantitative estimate of drug-likeness (QED) is 0.735. The summed E-state index contributed by atoms with van der Waals surface area (Å²) >= 11 is 0. The van der Waals surface area contributed by atoms with E-state index in [1.807, 2.05) is 0 Å². The van der Waals surface area contributed by atoms with E-state index in [0.29, 0.717) is 0 Å². The summed E-state index contributed by atoms with van der Waals surface area (Å²) in [6.07, 6.45) is 4.22. The van der Waals surface area contributed by atoms with E-state index in [2.05, 4.69) is 11.2 Å². The Morgan fingerprint density at radius 2 is 1.78 bits per heavy atom. The molecule has 0 unspecified atom stereocenters. The van der Waals surface area contributed by atoms with Gasteiger partial charge in [0, 0.05) is 12.8 Å².